The molecule has 3 amide bonds. The van der Waals surface area contributed by atoms with Crippen molar-refractivity contribution >= 4 is 40.6 Å². The highest BCUT2D eigenvalue weighted by atomic mass is 16.4. The van der Waals surface area contributed by atoms with E-state index in [1.165, 1.54) is 6.92 Å². The Hall–Kier alpha value is -4.13. The molecule has 2 aromatic rings. The number of aliphatic imine (C=N–C) groups is 1. The number of guanidine groups is 1. The maximum absolute atomic E-state index is 13.5. The first-order chi connectivity index (χ1) is 17.9. The second-order valence-corrected chi connectivity index (χ2v) is 9.47. The third kappa shape index (κ3) is 8.76. The normalized spacial score (nSPS) is 14.2. The number of nitrogens with two attached hydrogens (primary N) is 3. The Kier molecular flexibility index (Phi) is 11.1. The number of para-hydroxylation sites is 1. The number of aromatic amines is 1. The SMILES string of the molecule is CC(NC(=O)C(CCCN=C(N)N)NC(=O)C(Cc1c[nH]c2ccccc12)NC(=O)C(N)C(C)C)C(=O)O. The van der Waals surface area contributed by atoms with Gasteiger partial charge in [0.2, 0.25) is 17.7 Å². The number of carbonyl (C=O) groups excluding carboxylic acids is 3. The van der Waals surface area contributed by atoms with E-state index in [4.69, 9.17) is 17.2 Å². The minimum absolute atomic E-state index is 0.113. The number of nitrogens with zero attached hydrogens (tertiary/aromatic N) is 1. The summed E-state index contributed by atoms with van der Waals surface area (Å²) >= 11 is 0. The number of benzene rings is 1. The number of carboxylic acid groups (broad SMARTS) is 1. The van der Waals surface area contributed by atoms with Gasteiger partial charge in [0.1, 0.15) is 18.1 Å². The molecule has 11 N–H and O–H groups in total. The molecule has 13 heteroatoms. The van der Waals surface area contributed by atoms with Gasteiger partial charge in [0.15, 0.2) is 5.96 Å². The maximum Gasteiger partial charge on any atom is 0.325 e. The van der Waals surface area contributed by atoms with Crippen LogP contribution in [-0.4, -0.2) is 70.5 Å². The molecular formula is C25H38N8O5. The molecule has 0 aliphatic heterocycles. The molecule has 1 aromatic heterocycles. The number of hydrogen-bond acceptors (Lipinski definition) is 6. The number of nitrogens with one attached hydrogen (secondary N) is 4. The summed E-state index contributed by atoms with van der Waals surface area (Å²) in [7, 11) is 0. The zero-order chi connectivity index (χ0) is 28.4. The van der Waals surface area contributed by atoms with Crippen molar-refractivity contribution in [2.75, 3.05) is 6.54 Å². The number of amides is 3. The Labute approximate surface area is 221 Å². The Morgan fingerprint density at radius 3 is 2.24 bits per heavy atom. The average Bonchev–Trinajstić information content (AvgIpc) is 3.27. The molecular weight excluding hydrogens is 492 g/mol. The van der Waals surface area contributed by atoms with E-state index in [2.05, 4.69) is 25.9 Å². The molecule has 4 atom stereocenters. The van der Waals surface area contributed by atoms with E-state index in [1.54, 1.807) is 20.0 Å². The second kappa shape index (κ2) is 14.0. The molecule has 0 radical (unpaired) electrons. The molecule has 208 valence electrons. The summed E-state index contributed by atoms with van der Waals surface area (Å²) in [5.74, 6) is -3.32. The van der Waals surface area contributed by atoms with Gasteiger partial charge in [0.25, 0.3) is 0 Å². The fourth-order valence-corrected chi connectivity index (χ4v) is 3.72. The van der Waals surface area contributed by atoms with Crippen LogP contribution in [0.1, 0.15) is 39.2 Å². The fraction of sp³-hybridized carbons (Fsp3) is 0.480. The summed E-state index contributed by atoms with van der Waals surface area (Å²) < 4.78 is 0. The smallest absolute Gasteiger partial charge is 0.325 e. The van der Waals surface area contributed by atoms with E-state index in [9.17, 15) is 24.3 Å². The Balaban J connectivity index is 2.29. The van der Waals surface area contributed by atoms with Gasteiger partial charge in [-0.05, 0) is 37.3 Å². The number of carboxylic acids is 1. The highest BCUT2D eigenvalue weighted by Crippen LogP contribution is 2.19. The number of aromatic nitrogens is 1. The van der Waals surface area contributed by atoms with E-state index >= 15 is 0 Å². The van der Waals surface area contributed by atoms with Crippen LogP contribution >= 0.6 is 0 Å². The summed E-state index contributed by atoms with van der Waals surface area (Å²) in [5, 5.41) is 17.8. The van der Waals surface area contributed by atoms with Crippen LogP contribution in [0.4, 0.5) is 0 Å². The number of fused-ring (bicyclic) bond motifs is 1. The van der Waals surface area contributed by atoms with Gasteiger partial charge in [-0.15, -0.1) is 0 Å². The number of rotatable bonds is 14. The van der Waals surface area contributed by atoms with Crippen LogP contribution in [0, 0.1) is 5.92 Å². The zero-order valence-electron chi connectivity index (χ0n) is 21.9. The predicted octanol–water partition coefficient (Wildman–Crippen LogP) is -0.694. The fourth-order valence-electron chi connectivity index (χ4n) is 3.72. The van der Waals surface area contributed by atoms with Crippen molar-refractivity contribution in [1.82, 2.24) is 20.9 Å². The molecule has 1 aromatic carbocycles. The van der Waals surface area contributed by atoms with Crippen molar-refractivity contribution in [1.29, 1.82) is 0 Å². The third-order valence-corrected chi connectivity index (χ3v) is 6.06. The second-order valence-electron chi connectivity index (χ2n) is 9.47. The molecule has 13 nitrogen and oxygen atoms in total. The standard InChI is InChI=1S/C25H38N8O5/c1-13(2)20(26)23(36)33-19(11-15-12-30-17-8-5-4-7-16(15)17)22(35)32-18(9-6-10-29-25(27)28)21(34)31-14(3)24(37)38/h4-5,7-8,12-14,18-20,30H,6,9-11,26H2,1-3H3,(H,31,34)(H,32,35)(H,33,36)(H,37,38)(H4,27,28,29). The lowest BCUT2D eigenvalue weighted by molar-refractivity contribution is -0.141. The van der Waals surface area contributed by atoms with Gasteiger partial charge in [-0.25, -0.2) is 0 Å². The maximum atomic E-state index is 13.5. The first-order valence-electron chi connectivity index (χ1n) is 12.4. The molecule has 2 rings (SSSR count). The molecule has 38 heavy (non-hydrogen) atoms. The number of hydrogen-bond donors (Lipinski definition) is 8. The van der Waals surface area contributed by atoms with Crippen LogP contribution in [0.5, 0.6) is 0 Å². The average molecular weight is 531 g/mol. The monoisotopic (exact) mass is 530 g/mol. The lowest BCUT2D eigenvalue weighted by Crippen LogP contribution is -2.57. The van der Waals surface area contributed by atoms with Gasteiger partial charge >= 0.3 is 5.97 Å². The van der Waals surface area contributed by atoms with Gasteiger partial charge < -0.3 is 43.2 Å². The van der Waals surface area contributed by atoms with Crippen molar-refractivity contribution in [3.63, 3.8) is 0 Å². The Bertz CT molecular complexity index is 1160. The first-order valence-corrected chi connectivity index (χ1v) is 12.4. The van der Waals surface area contributed by atoms with Crippen molar-refractivity contribution in [3.8, 4) is 0 Å². The Morgan fingerprint density at radius 2 is 1.61 bits per heavy atom. The molecule has 0 saturated heterocycles. The first kappa shape index (κ1) is 30.1. The van der Waals surface area contributed by atoms with E-state index in [0.29, 0.717) is 6.42 Å². The summed E-state index contributed by atoms with van der Waals surface area (Å²) in [6, 6.07) is 3.35. The van der Waals surface area contributed by atoms with Crippen LogP contribution in [-0.2, 0) is 25.6 Å². The summed E-state index contributed by atoms with van der Waals surface area (Å²) in [6.45, 7) is 5.10. The molecule has 0 spiro atoms. The van der Waals surface area contributed by atoms with E-state index in [1.807, 2.05) is 24.3 Å². The molecule has 0 fully saturated rings. The van der Waals surface area contributed by atoms with Crippen LogP contribution in [0.25, 0.3) is 10.9 Å². The molecule has 0 bridgehead atoms. The van der Waals surface area contributed by atoms with Crippen molar-refractivity contribution < 1.29 is 24.3 Å². The minimum atomic E-state index is -1.23. The lowest BCUT2D eigenvalue weighted by Gasteiger charge is -2.25. The third-order valence-electron chi connectivity index (χ3n) is 6.06. The molecule has 0 aliphatic carbocycles. The van der Waals surface area contributed by atoms with E-state index < -0.39 is 47.9 Å². The summed E-state index contributed by atoms with van der Waals surface area (Å²) in [4.78, 5) is 57.4. The van der Waals surface area contributed by atoms with Crippen LogP contribution in [0.3, 0.4) is 0 Å². The number of carbonyl (C=O) groups is 4. The molecule has 0 saturated carbocycles. The predicted molar refractivity (Wildman–Crippen MR) is 144 cm³/mol. The van der Waals surface area contributed by atoms with Crippen molar-refractivity contribution in [2.45, 2.75) is 64.2 Å². The lowest BCUT2D eigenvalue weighted by atomic mass is 10.0. The van der Waals surface area contributed by atoms with E-state index in [-0.39, 0.29) is 31.3 Å². The van der Waals surface area contributed by atoms with Crippen molar-refractivity contribution in [2.24, 2.45) is 28.1 Å². The van der Waals surface area contributed by atoms with Crippen LogP contribution in [0.2, 0.25) is 0 Å². The zero-order valence-corrected chi connectivity index (χ0v) is 21.9. The molecule has 1 heterocycles. The van der Waals surface area contributed by atoms with Gasteiger partial charge in [-0.2, -0.15) is 0 Å². The highest BCUT2D eigenvalue weighted by molar-refractivity contribution is 5.94. The topological polar surface area (TPSA) is 231 Å². The summed E-state index contributed by atoms with van der Waals surface area (Å²) in [6.07, 6.45) is 2.34. The highest BCUT2D eigenvalue weighted by Gasteiger charge is 2.30. The van der Waals surface area contributed by atoms with Gasteiger partial charge in [0, 0.05) is 30.1 Å². The van der Waals surface area contributed by atoms with E-state index in [0.717, 1.165) is 16.5 Å². The largest absolute Gasteiger partial charge is 0.480 e. The minimum Gasteiger partial charge on any atom is -0.480 e. The van der Waals surface area contributed by atoms with Crippen molar-refractivity contribution in [3.05, 3.63) is 36.0 Å². The quantitative estimate of drug-likeness (QED) is 0.0882. The number of aliphatic carboxylic acids is 1. The number of H-pyrrole nitrogens is 1. The van der Waals surface area contributed by atoms with Crippen LogP contribution < -0.4 is 33.2 Å². The Morgan fingerprint density at radius 1 is 0.974 bits per heavy atom. The van der Waals surface area contributed by atoms with Crippen LogP contribution in [0.15, 0.2) is 35.5 Å². The van der Waals surface area contributed by atoms with Gasteiger partial charge in [0.05, 0.1) is 6.04 Å². The van der Waals surface area contributed by atoms with Gasteiger partial charge in [-0.1, -0.05) is 32.0 Å². The molecule has 0 aliphatic rings. The summed E-state index contributed by atoms with van der Waals surface area (Å²) in [5.41, 5.74) is 18.3. The van der Waals surface area contributed by atoms with Gasteiger partial charge in [-0.3, -0.25) is 24.2 Å². The molecule has 4 unspecified atom stereocenters.